The average molecular weight is 356 g/mol. The molecular weight excluding hydrogens is 336 g/mol. The van der Waals surface area contributed by atoms with Gasteiger partial charge in [0.05, 0.1) is 0 Å². The van der Waals surface area contributed by atoms with Gasteiger partial charge < -0.3 is 19.9 Å². The number of nitrogens with zero attached hydrogens (tertiary/aromatic N) is 2. The Morgan fingerprint density at radius 2 is 2.15 bits per heavy atom. The molecule has 26 heavy (non-hydrogen) atoms. The van der Waals surface area contributed by atoms with Gasteiger partial charge in [-0.25, -0.2) is 0 Å². The van der Waals surface area contributed by atoms with E-state index in [9.17, 15) is 9.59 Å². The summed E-state index contributed by atoms with van der Waals surface area (Å²) in [5, 5.41) is 9.52. The van der Waals surface area contributed by atoms with Crippen molar-refractivity contribution in [2.24, 2.45) is 0 Å². The molecule has 1 aromatic heterocycles. The molecule has 0 spiro atoms. The van der Waals surface area contributed by atoms with Gasteiger partial charge in [0.15, 0.2) is 6.61 Å². The van der Waals surface area contributed by atoms with E-state index in [0.29, 0.717) is 18.0 Å². The van der Waals surface area contributed by atoms with E-state index >= 15 is 0 Å². The highest BCUT2D eigenvalue weighted by Crippen LogP contribution is 2.27. The summed E-state index contributed by atoms with van der Waals surface area (Å²) in [6, 6.07) is 5.74. The fraction of sp³-hybridized carbons (Fsp3) is 0.444. The SMILES string of the molecule is O=C1CCc2ccc(OCc3noc(C(=O)NC4CCCC4)n3)cc2N1. The molecule has 1 saturated carbocycles. The third-order valence-corrected chi connectivity index (χ3v) is 4.70. The lowest BCUT2D eigenvalue weighted by molar-refractivity contribution is -0.116. The van der Waals surface area contributed by atoms with E-state index in [4.69, 9.17) is 9.26 Å². The lowest BCUT2D eigenvalue weighted by atomic mass is 10.0. The number of hydrogen-bond acceptors (Lipinski definition) is 6. The quantitative estimate of drug-likeness (QED) is 0.851. The number of fused-ring (bicyclic) bond motifs is 1. The van der Waals surface area contributed by atoms with Crippen molar-refractivity contribution in [2.45, 2.75) is 51.2 Å². The summed E-state index contributed by atoms with van der Waals surface area (Å²) in [4.78, 5) is 27.7. The first kappa shape index (κ1) is 16.6. The standard InChI is InChI=1S/C18H20N4O4/c23-16-8-6-11-5-7-13(9-14(11)20-16)25-10-15-21-18(26-22-15)17(24)19-12-3-1-2-4-12/h5,7,9,12H,1-4,6,8,10H2,(H,19,24)(H,20,23). The van der Waals surface area contributed by atoms with Crippen molar-refractivity contribution < 1.29 is 18.8 Å². The molecule has 8 nitrogen and oxygen atoms in total. The van der Waals surface area contributed by atoms with Crippen LogP contribution in [-0.4, -0.2) is 28.0 Å². The van der Waals surface area contributed by atoms with Crippen molar-refractivity contribution in [3.63, 3.8) is 0 Å². The van der Waals surface area contributed by atoms with Gasteiger partial charge in [0, 0.05) is 24.2 Å². The second-order valence-corrected chi connectivity index (χ2v) is 6.63. The molecule has 2 aliphatic rings. The highest BCUT2D eigenvalue weighted by atomic mass is 16.5. The first-order valence-electron chi connectivity index (χ1n) is 8.86. The zero-order valence-corrected chi connectivity index (χ0v) is 14.3. The average Bonchev–Trinajstić information content (AvgIpc) is 3.31. The van der Waals surface area contributed by atoms with Gasteiger partial charge in [-0.15, -0.1) is 0 Å². The van der Waals surface area contributed by atoms with Crippen LogP contribution in [0.1, 0.15) is 54.2 Å². The molecule has 1 aliphatic carbocycles. The van der Waals surface area contributed by atoms with E-state index in [-0.39, 0.29) is 30.4 Å². The Balaban J connectivity index is 1.35. The third kappa shape index (κ3) is 3.68. The molecular formula is C18H20N4O4. The lowest BCUT2D eigenvalue weighted by Crippen LogP contribution is -2.32. The summed E-state index contributed by atoms with van der Waals surface area (Å²) in [5.41, 5.74) is 1.85. The number of aryl methyl sites for hydroxylation is 1. The van der Waals surface area contributed by atoms with E-state index in [2.05, 4.69) is 20.8 Å². The number of rotatable bonds is 5. The Morgan fingerprint density at radius 3 is 3.00 bits per heavy atom. The smallest absolute Gasteiger partial charge is 0.316 e. The first-order chi connectivity index (χ1) is 12.7. The summed E-state index contributed by atoms with van der Waals surface area (Å²) >= 11 is 0. The van der Waals surface area contributed by atoms with E-state index in [0.717, 1.165) is 43.4 Å². The number of aromatic nitrogens is 2. The number of carbonyl (C=O) groups is 2. The van der Waals surface area contributed by atoms with Gasteiger partial charge >= 0.3 is 11.8 Å². The summed E-state index contributed by atoms with van der Waals surface area (Å²) in [6.07, 6.45) is 5.48. The predicted octanol–water partition coefficient (Wildman–Crippen LogP) is 2.21. The highest BCUT2D eigenvalue weighted by Gasteiger charge is 2.22. The van der Waals surface area contributed by atoms with Crippen LogP contribution in [0.25, 0.3) is 0 Å². The maximum atomic E-state index is 12.1. The van der Waals surface area contributed by atoms with Crippen LogP contribution in [0, 0.1) is 0 Å². The van der Waals surface area contributed by atoms with Crippen LogP contribution in [0.15, 0.2) is 22.7 Å². The van der Waals surface area contributed by atoms with Gasteiger partial charge in [-0.3, -0.25) is 9.59 Å². The minimum Gasteiger partial charge on any atom is -0.485 e. The second-order valence-electron chi connectivity index (χ2n) is 6.63. The Hall–Kier alpha value is -2.90. The van der Waals surface area contributed by atoms with Gasteiger partial charge in [0.2, 0.25) is 11.7 Å². The van der Waals surface area contributed by atoms with Crippen LogP contribution in [0.3, 0.4) is 0 Å². The van der Waals surface area contributed by atoms with Crippen molar-refractivity contribution in [1.29, 1.82) is 0 Å². The maximum absolute atomic E-state index is 12.1. The van der Waals surface area contributed by atoms with Crippen LogP contribution in [0.2, 0.25) is 0 Å². The molecule has 2 amide bonds. The molecule has 0 bridgehead atoms. The Bertz CT molecular complexity index is 826. The van der Waals surface area contributed by atoms with Crippen LogP contribution in [0.4, 0.5) is 5.69 Å². The molecule has 1 aromatic carbocycles. The number of benzene rings is 1. The number of carbonyl (C=O) groups excluding carboxylic acids is 2. The molecule has 0 radical (unpaired) electrons. The number of ether oxygens (including phenoxy) is 1. The van der Waals surface area contributed by atoms with Gasteiger partial charge in [0.1, 0.15) is 5.75 Å². The van der Waals surface area contributed by atoms with Gasteiger partial charge in [-0.05, 0) is 30.9 Å². The van der Waals surface area contributed by atoms with E-state index < -0.39 is 0 Å². The largest absolute Gasteiger partial charge is 0.485 e. The fourth-order valence-corrected chi connectivity index (χ4v) is 3.31. The lowest BCUT2D eigenvalue weighted by Gasteiger charge is -2.17. The summed E-state index contributed by atoms with van der Waals surface area (Å²) in [6.45, 7) is 0.0763. The zero-order chi connectivity index (χ0) is 17.9. The van der Waals surface area contributed by atoms with E-state index in [1.54, 1.807) is 6.07 Å². The number of hydrogen-bond donors (Lipinski definition) is 2. The van der Waals surface area contributed by atoms with Crippen molar-refractivity contribution in [3.8, 4) is 5.75 Å². The topological polar surface area (TPSA) is 106 Å². The van der Waals surface area contributed by atoms with Crippen molar-refractivity contribution in [2.75, 3.05) is 5.32 Å². The number of nitrogens with one attached hydrogen (secondary N) is 2. The summed E-state index contributed by atoms with van der Waals surface area (Å²) in [7, 11) is 0. The molecule has 8 heteroatoms. The summed E-state index contributed by atoms with van der Waals surface area (Å²) < 4.78 is 10.7. The van der Waals surface area contributed by atoms with E-state index in [1.165, 1.54) is 0 Å². The molecule has 2 heterocycles. The van der Waals surface area contributed by atoms with E-state index in [1.807, 2.05) is 12.1 Å². The third-order valence-electron chi connectivity index (χ3n) is 4.70. The molecule has 1 fully saturated rings. The fourth-order valence-electron chi connectivity index (χ4n) is 3.31. The van der Waals surface area contributed by atoms with Crippen LogP contribution in [-0.2, 0) is 17.8 Å². The normalized spacial score (nSPS) is 16.8. The molecule has 0 atom stereocenters. The molecule has 0 saturated heterocycles. The Morgan fingerprint density at radius 1 is 1.31 bits per heavy atom. The van der Waals surface area contributed by atoms with Crippen LogP contribution >= 0.6 is 0 Å². The Labute approximate surface area is 150 Å². The molecule has 2 aromatic rings. The molecule has 136 valence electrons. The van der Waals surface area contributed by atoms with Crippen LogP contribution < -0.4 is 15.4 Å². The highest BCUT2D eigenvalue weighted by molar-refractivity contribution is 5.94. The second kappa shape index (κ2) is 7.15. The number of anilines is 1. The van der Waals surface area contributed by atoms with Crippen molar-refractivity contribution in [1.82, 2.24) is 15.5 Å². The minimum absolute atomic E-state index is 0.00531. The maximum Gasteiger partial charge on any atom is 0.316 e. The Kier molecular flexibility index (Phi) is 4.55. The predicted molar refractivity (Wildman–Crippen MR) is 91.7 cm³/mol. The summed E-state index contributed by atoms with van der Waals surface area (Å²) in [5.74, 6) is 0.502. The van der Waals surface area contributed by atoms with Gasteiger partial charge in [0.25, 0.3) is 0 Å². The number of amides is 2. The minimum atomic E-state index is -0.341. The molecule has 1 aliphatic heterocycles. The zero-order valence-electron chi connectivity index (χ0n) is 14.3. The van der Waals surface area contributed by atoms with Gasteiger partial charge in [-0.2, -0.15) is 4.98 Å². The first-order valence-corrected chi connectivity index (χ1v) is 8.86. The molecule has 4 rings (SSSR count). The van der Waals surface area contributed by atoms with Gasteiger partial charge in [-0.1, -0.05) is 24.1 Å². The molecule has 2 N–H and O–H groups in total. The monoisotopic (exact) mass is 356 g/mol. The van der Waals surface area contributed by atoms with Crippen molar-refractivity contribution in [3.05, 3.63) is 35.5 Å². The molecule has 0 unspecified atom stereocenters. The van der Waals surface area contributed by atoms with Crippen LogP contribution in [0.5, 0.6) is 5.75 Å². The van der Waals surface area contributed by atoms with Crippen molar-refractivity contribution >= 4 is 17.5 Å².